The fourth-order valence-corrected chi connectivity index (χ4v) is 2.57. The molecule has 0 aromatic rings. The van der Waals surface area contributed by atoms with Crippen LogP contribution in [0.4, 0.5) is 0 Å². The molecule has 2 aliphatic heterocycles. The summed E-state index contributed by atoms with van der Waals surface area (Å²) >= 11 is 0. The standard InChI is InChI=1S/C12H24N2O/c1-10(2)12(13)8-14(9-12)7-11-3-5-15-6-4-11/h10-11H,3-9,13H2,1-2H3. The molecule has 3 heteroatoms. The van der Waals surface area contributed by atoms with Gasteiger partial charge in [0.1, 0.15) is 0 Å². The SMILES string of the molecule is CC(C)C1(N)CN(CC2CCOCC2)C1. The normalized spacial score (nSPS) is 28.0. The zero-order valence-electron chi connectivity index (χ0n) is 10.0. The molecule has 0 saturated carbocycles. The van der Waals surface area contributed by atoms with Crippen LogP contribution in [0, 0.1) is 11.8 Å². The third-order valence-corrected chi connectivity index (χ3v) is 4.04. The molecule has 0 unspecified atom stereocenters. The average molecular weight is 212 g/mol. The van der Waals surface area contributed by atoms with Crippen LogP contribution in [-0.2, 0) is 4.74 Å². The Morgan fingerprint density at radius 1 is 1.33 bits per heavy atom. The lowest BCUT2D eigenvalue weighted by Crippen LogP contribution is -2.70. The third-order valence-electron chi connectivity index (χ3n) is 4.04. The van der Waals surface area contributed by atoms with Crippen molar-refractivity contribution in [1.82, 2.24) is 4.90 Å². The lowest BCUT2D eigenvalue weighted by Gasteiger charge is -2.51. The number of hydrogen-bond donors (Lipinski definition) is 1. The van der Waals surface area contributed by atoms with Crippen molar-refractivity contribution in [1.29, 1.82) is 0 Å². The molecule has 0 bridgehead atoms. The molecule has 15 heavy (non-hydrogen) atoms. The van der Waals surface area contributed by atoms with Gasteiger partial charge in [-0.15, -0.1) is 0 Å². The van der Waals surface area contributed by atoms with Crippen molar-refractivity contribution in [2.45, 2.75) is 32.2 Å². The summed E-state index contributed by atoms with van der Waals surface area (Å²) in [5.41, 5.74) is 6.36. The van der Waals surface area contributed by atoms with Gasteiger partial charge in [0, 0.05) is 38.4 Å². The Morgan fingerprint density at radius 2 is 1.93 bits per heavy atom. The second-order valence-corrected chi connectivity index (χ2v) is 5.61. The molecule has 88 valence electrons. The van der Waals surface area contributed by atoms with Crippen LogP contribution in [0.5, 0.6) is 0 Å². The van der Waals surface area contributed by atoms with E-state index in [0.717, 1.165) is 32.2 Å². The van der Waals surface area contributed by atoms with Gasteiger partial charge < -0.3 is 10.5 Å². The third kappa shape index (κ3) is 2.52. The topological polar surface area (TPSA) is 38.5 Å². The van der Waals surface area contributed by atoms with E-state index in [1.807, 2.05) is 0 Å². The highest BCUT2D eigenvalue weighted by Crippen LogP contribution is 2.28. The molecule has 2 aliphatic rings. The molecule has 2 rings (SSSR count). The molecular weight excluding hydrogens is 188 g/mol. The molecule has 0 amide bonds. The van der Waals surface area contributed by atoms with Gasteiger partial charge in [-0.3, -0.25) is 4.90 Å². The van der Waals surface area contributed by atoms with E-state index in [1.165, 1.54) is 19.4 Å². The Morgan fingerprint density at radius 3 is 2.47 bits per heavy atom. The Hall–Kier alpha value is -0.120. The van der Waals surface area contributed by atoms with Crippen LogP contribution in [0.3, 0.4) is 0 Å². The molecule has 0 aromatic carbocycles. The van der Waals surface area contributed by atoms with E-state index in [2.05, 4.69) is 18.7 Å². The maximum absolute atomic E-state index is 6.27. The fraction of sp³-hybridized carbons (Fsp3) is 1.00. The molecular formula is C12H24N2O. The van der Waals surface area contributed by atoms with Gasteiger partial charge in [-0.05, 0) is 24.7 Å². The molecule has 2 saturated heterocycles. The summed E-state index contributed by atoms with van der Waals surface area (Å²) < 4.78 is 5.37. The number of rotatable bonds is 3. The van der Waals surface area contributed by atoms with Gasteiger partial charge in [-0.25, -0.2) is 0 Å². The molecule has 2 fully saturated rings. The first kappa shape index (κ1) is 11.4. The minimum absolute atomic E-state index is 0.0885. The minimum Gasteiger partial charge on any atom is -0.381 e. The Kier molecular flexibility index (Phi) is 3.33. The zero-order chi connectivity index (χ0) is 10.9. The van der Waals surface area contributed by atoms with Crippen molar-refractivity contribution in [3.63, 3.8) is 0 Å². The van der Waals surface area contributed by atoms with Crippen LogP contribution in [0.2, 0.25) is 0 Å². The summed E-state index contributed by atoms with van der Waals surface area (Å²) in [5.74, 6) is 1.44. The number of likely N-dealkylation sites (tertiary alicyclic amines) is 1. The largest absolute Gasteiger partial charge is 0.381 e. The van der Waals surface area contributed by atoms with E-state index in [-0.39, 0.29) is 5.54 Å². The highest BCUT2D eigenvalue weighted by molar-refractivity contribution is 5.02. The predicted molar refractivity (Wildman–Crippen MR) is 61.7 cm³/mol. The second kappa shape index (κ2) is 4.40. The number of hydrogen-bond acceptors (Lipinski definition) is 3. The van der Waals surface area contributed by atoms with E-state index in [0.29, 0.717) is 5.92 Å². The second-order valence-electron chi connectivity index (χ2n) is 5.61. The number of nitrogens with zero attached hydrogens (tertiary/aromatic N) is 1. The van der Waals surface area contributed by atoms with Crippen LogP contribution < -0.4 is 5.73 Å². The van der Waals surface area contributed by atoms with E-state index in [1.54, 1.807) is 0 Å². The molecule has 0 spiro atoms. The predicted octanol–water partition coefficient (Wildman–Crippen LogP) is 1.08. The van der Waals surface area contributed by atoms with Gasteiger partial charge >= 0.3 is 0 Å². The highest BCUT2D eigenvalue weighted by atomic mass is 16.5. The fourth-order valence-electron chi connectivity index (χ4n) is 2.57. The van der Waals surface area contributed by atoms with Crippen molar-refractivity contribution in [3.8, 4) is 0 Å². The van der Waals surface area contributed by atoms with Crippen molar-refractivity contribution in [3.05, 3.63) is 0 Å². The first-order chi connectivity index (χ1) is 7.10. The summed E-state index contributed by atoms with van der Waals surface area (Å²) in [5, 5.41) is 0. The molecule has 0 aromatic heterocycles. The first-order valence-corrected chi connectivity index (χ1v) is 6.19. The smallest absolute Gasteiger partial charge is 0.0469 e. The van der Waals surface area contributed by atoms with Crippen molar-refractivity contribution in [2.75, 3.05) is 32.8 Å². The number of ether oxygens (including phenoxy) is 1. The lowest BCUT2D eigenvalue weighted by molar-refractivity contribution is -0.000859. The summed E-state index contributed by atoms with van der Waals surface area (Å²) in [6.07, 6.45) is 2.46. The van der Waals surface area contributed by atoms with Gasteiger partial charge in [0.05, 0.1) is 0 Å². The van der Waals surface area contributed by atoms with E-state index < -0.39 is 0 Å². The van der Waals surface area contributed by atoms with Gasteiger partial charge in [0.25, 0.3) is 0 Å². The molecule has 0 atom stereocenters. The lowest BCUT2D eigenvalue weighted by atomic mass is 9.79. The summed E-state index contributed by atoms with van der Waals surface area (Å²) in [6, 6.07) is 0. The average Bonchev–Trinajstić information content (AvgIpc) is 2.16. The molecule has 3 nitrogen and oxygen atoms in total. The van der Waals surface area contributed by atoms with E-state index in [9.17, 15) is 0 Å². The summed E-state index contributed by atoms with van der Waals surface area (Å²) in [7, 11) is 0. The van der Waals surface area contributed by atoms with E-state index in [4.69, 9.17) is 10.5 Å². The van der Waals surface area contributed by atoms with Crippen LogP contribution in [0.1, 0.15) is 26.7 Å². The van der Waals surface area contributed by atoms with Crippen molar-refractivity contribution < 1.29 is 4.74 Å². The summed E-state index contributed by atoms with van der Waals surface area (Å²) in [6.45, 7) is 9.77. The summed E-state index contributed by atoms with van der Waals surface area (Å²) in [4.78, 5) is 2.51. The maximum atomic E-state index is 6.27. The van der Waals surface area contributed by atoms with Gasteiger partial charge in [-0.1, -0.05) is 13.8 Å². The van der Waals surface area contributed by atoms with Crippen LogP contribution in [0.15, 0.2) is 0 Å². The van der Waals surface area contributed by atoms with Gasteiger partial charge in [0.2, 0.25) is 0 Å². The van der Waals surface area contributed by atoms with Gasteiger partial charge in [-0.2, -0.15) is 0 Å². The maximum Gasteiger partial charge on any atom is 0.0469 e. The highest BCUT2D eigenvalue weighted by Gasteiger charge is 2.42. The van der Waals surface area contributed by atoms with Crippen LogP contribution >= 0.6 is 0 Å². The molecule has 2 N–H and O–H groups in total. The molecule has 0 radical (unpaired) electrons. The van der Waals surface area contributed by atoms with Crippen LogP contribution in [0.25, 0.3) is 0 Å². The Labute approximate surface area is 93.0 Å². The quantitative estimate of drug-likeness (QED) is 0.761. The monoisotopic (exact) mass is 212 g/mol. The van der Waals surface area contributed by atoms with Crippen LogP contribution in [-0.4, -0.2) is 43.3 Å². The Balaban J connectivity index is 1.70. The Bertz CT molecular complexity index is 206. The first-order valence-electron chi connectivity index (χ1n) is 6.19. The molecule has 0 aliphatic carbocycles. The molecule has 2 heterocycles. The van der Waals surface area contributed by atoms with Crippen molar-refractivity contribution in [2.24, 2.45) is 17.6 Å². The minimum atomic E-state index is 0.0885. The van der Waals surface area contributed by atoms with Crippen molar-refractivity contribution >= 4 is 0 Å². The number of nitrogens with two attached hydrogens (primary N) is 1. The van der Waals surface area contributed by atoms with Gasteiger partial charge in [0.15, 0.2) is 0 Å². The zero-order valence-corrected chi connectivity index (χ0v) is 10.0. The van der Waals surface area contributed by atoms with E-state index >= 15 is 0 Å².